The topological polar surface area (TPSA) is 12.0 Å². The van der Waals surface area contributed by atoms with Crippen LogP contribution in [0.2, 0.25) is 0 Å². The van der Waals surface area contributed by atoms with Crippen LogP contribution in [0.4, 0.5) is 0 Å². The maximum Gasteiger partial charge on any atom is 0.0614 e. The Bertz CT molecular complexity index is 413. The van der Waals surface area contributed by atoms with Crippen LogP contribution >= 0.6 is 11.8 Å². The zero-order valence-corrected chi connectivity index (χ0v) is 11.7. The lowest BCUT2D eigenvalue weighted by molar-refractivity contribution is 0.710. The number of hydrogen-bond donors (Lipinski definition) is 1. The molecule has 1 saturated heterocycles. The summed E-state index contributed by atoms with van der Waals surface area (Å²) in [5.74, 6) is 0.603. The molecule has 0 aromatic carbocycles. The molecule has 1 aliphatic heterocycles. The Balaban J connectivity index is 1.98. The maximum absolute atomic E-state index is 4.16. The van der Waals surface area contributed by atoms with Gasteiger partial charge in [-0.25, -0.2) is 0 Å². The number of hydrogen-bond acceptors (Lipinski definition) is 2. The fourth-order valence-electron chi connectivity index (χ4n) is 1.92. The van der Waals surface area contributed by atoms with Crippen molar-refractivity contribution >= 4 is 11.8 Å². The van der Waals surface area contributed by atoms with Crippen LogP contribution in [0.25, 0.3) is 0 Å². The first-order valence-corrected chi connectivity index (χ1v) is 7.14. The van der Waals surface area contributed by atoms with Crippen molar-refractivity contribution in [2.24, 2.45) is 5.92 Å². The van der Waals surface area contributed by atoms with E-state index in [9.17, 15) is 0 Å². The second-order valence-electron chi connectivity index (χ2n) is 4.97. The highest BCUT2D eigenvalue weighted by Crippen LogP contribution is 2.53. The molecule has 1 fully saturated rings. The summed E-state index contributed by atoms with van der Waals surface area (Å²) in [7, 11) is 1.98. The third kappa shape index (κ3) is 3.06. The summed E-state index contributed by atoms with van der Waals surface area (Å²) < 4.78 is 0. The van der Waals surface area contributed by atoms with Gasteiger partial charge in [-0.05, 0) is 30.9 Å². The van der Waals surface area contributed by atoms with E-state index in [1.807, 2.05) is 18.8 Å². The van der Waals surface area contributed by atoms with E-state index in [0.29, 0.717) is 11.2 Å². The molecule has 2 rings (SSSR count). The Hall–Kier alpha value is -0.890. The largest absolute Gasteiger partial charge is 0.388 e. The Morgan fingerprint density at radius 2 is 2.24 bits per heavy atom. The Morgan fingerprint density at radius 1 is 1.47 bits per heavy atom. The van der Waals surface area contributed by atoms with Gasteiger partial charge in [0.1, 0.15) is 0 Å². The molecule has 1 N–H and O–H groups in total. The molecule has 0 saturated carbocycles. The smallest absolute Gasteiger partial charge is 0.0614 e. The molecule has 0 bridgehead atoms. The number of thioether (sulfide) groups is 1. The van der Waals surface area contributed by atoms with Crippen molar-refractivity contribution in [3.63, 3.8) is 0 Å². The minimum absolute atomic E-state index is 0.603. The lowest BCUT2D eigenvalue weighted by Crippen LogP contribution is -2.01. The minimum Gasteiger partial charge on any atom is -0.388 e. The number of nitrogens with one attached hydrogen (secondary N) is 1. The number of likely N-dealkylation sites (N-methyl/N-ethyl adjacent to an activating group) is 1. The molecule has 17 heavy (non-hydrogen) atoms. The highest BCUT2D eigenvalue weighted by molar-refractivity contribution is 8.12. The van der Waals surface area contributed by atoms with E-state index < -0.39 is 0 Å². The molecular weight excluding hydrogens is 226 g/mol. The van der Waals surface area contributed by atoms with Crippen molar-refractivity contribution in [1.29, 1.82) is 0 Å². The second kappa shape index (κ2) is 5.18. The fourth-order valence-corrected chi connectivity index (χ4v) is 2.89. The molecule has 0 aromatic heterocycles. The summed E-state index contributed by atoms with van der Waals surface area (Å²) in [5.41, 5.74) is 4.13. The van der Waals surface area contributed by atoms with Gasteiger partial charge in [0.25, 0.3) is 0 Å². The third-order valence-corrected chi connectivity index (χ3v) is 4.57. The van der Waals surface area contributed by atoms with E-state index in [1.54, 1.807) is 5.57 Å². The Morgan fingerprint density at radius 3 is 2.88 bits per heavy atom. The normalized spacial score (nSPS) is 22.1. The van der Waals surface area contributed by atoms with Crippen molar-refractivity contribution < 1.29 is 0 Å². The van der Waals surface area contributed by atoms with E-state index >= 15 is 0 Å². The number of allylic oxidation sites excluding steroid dienone is 4. The van der Waals surface area contributed by atoms with E-state index in [1.165, 1.54) is 16.2 Å². The van der Waals surface area contributed by atoms with E-state index in [0.717, 1.165) is 12.8 Å². The summed E-state index contributed by atoms with van der Waals surface area (Å²) >= 11 is 1.98. The molecule has 0 aromatic rings. The fraction of sp³-hybridized carbons (Fsp3) is 0.467. The van der Waals surface area contributed by atoms with Crippen LogP contribution in [-0.2, 0) is 0 Å². The molecule has 1 heterocycles. The molecule has 0 spiro atoms. The van der Waals surface area contributed by atoms with Gasteiger partial charge in [0.05, 0.1) is 5.25 Å². The first kappa shape index (κ1) is 12.6. The molecule has 0 radical (unpaired) electrons. The lowest BCUT2D eigenvalue weighted by atomic mass is 9.96. The van der Waals surface area contributed by atoms with Gasteiger partial charge < -0.3 is 5.32 Å². The molecule has 2 aliphatic rings. The second-order valence-corrected chi connectivity index (χ2v) is 6.15. The first-order valence-electron chi connectivity index (χ1n) is 6.26. The highest BCUT2D eigenvalue weighted by Gasteiger charge is 2.35. The minimum atomic E-state index is 0.603. The van der Waals surface area contributed by atoms with Crippen LogP contribution in [0.1, 0.15) is 26.7 Å². The summed E-state index contributed by atoms with van der Waals surface area (Å²) in [4.78, 5) is 1.50. The van der Waals surface area contributed by atoms with Crippen LogP contribution in [0, 0.1) is 5.92 Å². The molecule has 1 atom stereocenters. The Kier molecular flexibility index (Phi) is 3.82. The van der Waals surface area contributed by atoms with Crippen LogP contribution in [0.3, 0.4) is 0 Å². The average Bonchev–Trinajstić information content (AvgIpc) is 3.05. The molecule has 1 nitrogen and oxygen atoms in total. The van der Waals surface area contributed by atoms with Crippen LogP contribution in [-0.4, -0.2) is 12.3 Å². The Labute approximate surface area is 109 Å². The van der Waals surface area contributed by atoms with Gasteiger partial charge in [0.2, 0.25) is 0 Å². The summed E-state index contributed by atoms with van der Waals surface area (Å²) in [5, 5.41) is 3.86. The monoisotopic (exact) mass is 247 g/mol. The van der Waals surface area contributed by atoms with Gasteiger partial charge in [-0.3, -0.25) is 0 Å². The lowest BCUT2D eigenvalue weighted by Gasteiger charge is -2.10. The van der Waals surface area contributed by atoms with E-state index in [-0.39, 0.29) is 0 Å². The number of rotatable bonds is 5. The van der Waals surface area contributed by atoms with Gasteiger partial charge >= 0.3 is 0 Å². The molecule has 0 amide bonds. The van der Waals surface area contributed by atoms with Gasteiger partial charge in [-0.15, -0.1) is 11.8 Å². The maximum atomic E-state index is 4.16. The summed E-state index contributed by atoms with van der Waals surface area (Å²) in [6, 6.07) is 0. The SMILES string of the molecule is C=C(CCC1=CC=C(NC)C=C2SC12)C(C)C. The van der Waals surface area contributed by atoms with E-state index in [2.05, 4.69) is 44.0 Å². The van der Waals surface area contributed by atoms with Gasteiger partial charge in [-0.2, -0.15) is 0 Å². The zero-order valence-electron chi connectivity index (χ0n) is 10.9. The zero-order chi connectivity index (χ0) is 12.4. The van der Waals surface area contributed by atoms with Crippen molar-refractivity contribution in [2.75, 3.05) is 7.05 Å². The highest BCUT2D eigenvalue weighted by atomic mass is 32.2. The predicted octanol–water partition coefficient (Wildman–Crippen LogP) is 4.02. The van der Waals surface area contributed by atoms with E-state index in [4.69, 9.17) is 0 Å². The van der Waals surface area contributed by atoms with Crippen molar-refractivity contribution in [2.45, 2.75) is 31.9 Å². The van der Waals surface area contributed by atoms with Crippen LogP contribution in [0.15, 0.2) is 46.6 Å². The van der Waals surface area contributed by atoms with Crippen molar-refractivity contribution in [3.05, 3.63) is 46.6 Å². The summed E-state index contributed by atoms with van der Waals surface area (Å²) in [6.07, 6.45) is 9.01. The van der Waals surface area contributed by atoms with Crippen molar-refractivity contribution in [3.8, 4) is 0 Å². The molecule has 1 aliphatic carbocycles. The van der Waals surface area contributed by atoms with Crippen LogP contribution < -0.4 is 5.32 Å². The summed E-state index contributed by atoms with van der Waals surface area (Å²) in [6.45, 7) is 8.60. The van der Waals surface area contributed by atoms with Crippen LogP contribution in [0.5, 0.6) is 0 Å². The van der Waals surface area contributed by atoms with Gasteiger partial charge in [-0.1, -0.05) is 37.6 Å². The third-order valence-electron chi connectivity index (χ3n) is 3.41. The van der Waals surface area contributed by atoms with Gasteiger partial charge in [0.15, 0.2) is 0 Å². The molecule has 92 valence electrons. The molecule has 1 unspecified atom stereocenters. The first-order chi connectivity index (χ1) is 8.11. The predicted molar refractivity (Wildman–Crippen MR) is 77.9 cm³/mol. The van der Waals surface area contributed by atoms with Crippen molar-refractivity contribution in [1.82, 2.24) is 5.32 Å². The van der Waals surface area contributed by atoms with Gasteiger partial charge in [0, 0.05) is 17.6 Å². The standard InChI is InChI=1S/C15H21NS/c1-10(2)11(3)5-6-12-7-8-13(16-4)9-14-15(12)17-14/h7-10,15-16H,3,5-6H2,1-2,4H3. The number of fused-ring (bicyclic) bond motifs is 1. The quantitative estimate of drug-likeness (QED) is 0.581. The molecule has 2 heteroatoms. The average molecular weight is 247 g/mol. The molecular formula is C15H21NS.